The predicted octanol–water partition coefficient (Wildman–Crippen LogP) is 2.62. The maximum Gasteiger partial charge on any atom is 0.407 e. The van der Waals surface area contributed by atoms with Crippen molar-refractivity contribution < 1.29 is 14.3 Å². The van der Waals surface area contributed by atoms with Crippen molar-refractivity contribution in [2.45, 2.75) is 79.5 Å². The molecular formula is C19H40IN5O3. The summed E-state index contributed by atoms with van der Waals surface area (Å²) in [5.41, 5.74) is -0.839. The van der Waals surface area contributed by atoms with Crippen molar-refractivity contribution in [3.05, 3.63) is 0 Å². The molecule has 0 aromatic heterocycles. The monoisotopic (exact) mass is 513 g/mol. The molecule has 2 amide bonds. The minimum Gasteiger partial charge on any atom is -0.444 e. The van der Waals surface area contributed by atoms with Gasteiger partial charge in [-0.25, -0.2) is 9.79 Å². The Bertz CT molecular complexity index is 511. The van der Waals surface area contributed by atoms with Crippen LogP contribution in [0.3, 0.4) is 0 Å². The highest BCUT2D eigenvalue weighted by Crippen LogP contribution is 2.08. The molecule has 0 spiro atoms. The molecule has 1 atom stereocenters. The van der Waals surface area contributed by atoms with Gasteiger partial charge in [-0.3, -0.25) is 4.79 Å². The number of carbonyl (C=O) groups is 2. The number of amides is 2. The van der Waals surface area contributed by atoms with E-state index >= 15 is 0 Å². The third-order valence-electron chi connectivity index (χ3n) is 3.24. The van der Waals surface area contributed by atoms with Crippen LogP contribution >= 0.6 is 24.0 Å². The van der Waals surface area contributed by atoms with E-state index in [0.29, 0.717) is 19.0 Å². The minimum absolute atomic E-state index is 0. The van der Waals surface area contributed by atoms with Crippen LogP contribution in [-0.2, 0) is 9.53 Å². The second kappa shape index (κ2) is 13.1. The SMILES string of the molecule is CCNC(=NCC(=O)NC(C)(C)C)NCC(NC(=O)OC(C)(C)C)C(C)C.I. The fourth-order valence-corrected chi connectivity index (χ4v) is 2.07. The molecule has 0 radical (unpaired) electrons. The van der Waals surface area contributed by atoms with Crippen molar-refractivity contribution in [2.24, 2.45) is 10.9 Å². The highest BCUT2D eigenvalue weighted by atomic mass is 127. The predicted molar refractivity (Wildman–Crippen MR) is 125 cm³/mol. The van der Waals surface area contributed by atoms with Gasteiger partial charge in [0.1, 0.15) is 12.1 Å². The van der Waals surface area contributed by atoms with Crippen LogP contribution in [0.1, 0.15) is 62.3 Å². The van der Waals surface area contributed by atoms with Crippen LogP contribution in [0.15, 0.2) is 4.99 Å². The molecule has 8 nitrogen and oxygen atoms in total. The lowest BCUT2D eigenvalue weighted by atomic mass is 10.0. The van der Waals surface area contributed by atoms with Crippen molar-refractivity contribution in [1.29, 1.82) is 0 Å². The molecule has 1 unspecified atom stereocenters. The third-order valence-corrected chi connectivity index (χ3v) is 3.24. The Hall–Kier alpha value is -1.26. The molecule has 28 heavy (non-hydrogen) atoms. The summed E-state index contributed by atoms with van der Waals surface area (Å²) in [6.45, 7) is 18.4. The molecule has 0 aliphatic heterocycles. The maximum atomic E-state index is 12.0. The molecule has 0 saturated carbocycles. The summed E-state index contributed by atoms with van der Waals surface area (Å²) in [5, 5.41) is 12.0. The number of carbonyl (C=O) groups excluding carboxylic acids is 2. The Morgan fingerprint density at radius 3 is 2.04 bits per heavy atom. The fourth-order valence-electron chi connectivity index (χ4n) is 2.07. The Morgan fingerprint density at radius 1 is 1.04 bits per heavy atom. The van der Waals surface area contributed by atoms with E-state index in [1.807, 2.05) is 62.3 Å². The van der Waals surface area contributed by atoms with Crippen molar-refractivity contribution in [3.63, 3.8) is 0 Å². The molecule has 0 rings (SSSR count). The van der Waals surface area contributed by atoms with Crippen LogP contribution in [-0.4, -0.2) is 54.8 Å². The first-order valence-corrected chi connectivity index (χ1v) is 9.56. The zero-order valence-corrected chi connectivity index (χ0v) is 21.2. The number of nitrogens with zero attached hydrogens (tertiary/aromatic N) is 1. The van der Waals surface area contributed by atoms with Crippen LogP contribution < -0.4 is 21.3 Å². The molecule has 0 fully saturated rings. The number of halogens is 1. The molecule has 0 aliphatic rings. The first-order chi connectivity index (χ1) is 12.2. The van der Waals surface area contributed by atoms with E-state index < -0.39 is 11.7 Å². The molecule has 4 N–H and O–H groups in total. The Kier molecular flexibility index (Phi) is 13.5. The van der Waals surface area contributed by atoms with Gasteiger partial charge in [0, 0.05) is 18.6 Å². The smallest absolute Gasteiger partial charge is 0.407 e. The second-order valence-electron chi connectivity index (χ2n) is 8.87. The van der Waals surface area contributed by atoms with E-state index in [0.717, 1.165) is 0 Å². The number of hydrogen-bond acceptors (Lipinski definition) is 4. The van der Waals surface area contributed by atoms with E-state index in [-0.39, 0.29) is 53.9 Å². The quantitative estimate of drug-likeness (QED) is 0.238. The van der Waals surface area contributed by atoms with Gasteiger partial charge in [-0.15, -0.1) is 24.0 Å². The van der Waals surface area contributed by atoms with Crippen molar-refractivity contribution >= 4 is 41.9 Å². The average molecular weight is 513 g/mol. The van der Waals surface area contributed by atoms with Crippen LogP contribution in [0.4, 0.5) is 4.79 Å². The highest BCUT2D eigenvalue weighted by molar-refractivity contribution is 14.0. The van der Waals surface area contributed by atoms with E-state index in [1.54, 1.807) is 0 Å². The summed E-state index contributed by atoms with van der Waals surface area (Å²) >= 11 is 0. The third kappa shape index (κ3) is 15.8. The zero-order chi connectivity index (χ0) is 21.3. The Labute approximate surface area is 187 Å². The largest absolute Gasteiger partial charge is 0.444 e. The molecule has 0 heterocycles. The molecule has 9 heteroatoms. The van der Waals surface area contributed by atoms with E-state index in [9.17, 15) is 9.59 Å². The number of alkyl carbamates (subject to hydrolysis) is 1. The Morgan fingerprint density at radius 2 is 1.61 bits per heavy atom. The minimum atomic E-state index is -0.546. The van der Waals surface area contributed by atoms with E-state index in [2.05, 4.69) is 26.3 Å². The summed E-state index contributed by atoms with van der Waals surface area (Å²) in [5.74, 6) is 0.572. The lowest BCUT2D eigenvalue weighted by molar-refractivity contribution is -0.121. The van der Waals surface area contributed by atoms with Gasteiger partial charge in [0.05, 0.1) is 6.04 Å². The van der Waals surface area contributed by atoms with Gasteiger partial charge in [0.25, 0.3) is 0 Å². The van der Waals surface area contributed by atoms with Crippen molar-refractivity contribution in [1.82, 2.24) is 21.3 Å². The highest BCUT2D eigenvalue weighted by Gasteiger charge is 2.21. The van der Waals surface area contributed by atoms with Gasteiger partial charge in [-0.05, 0) is 54.4 Å². The second-order valence-corrected chi connectivity index (χ2v) is 8.87. The van der Waals surface area contributed by atoms with Crippen LogP contribution in [0.5, 0.6) is 0 Å². The Balaban J connectivity index is 0. The van der Waals surface area contributed by atoms with Crippen LogP contribution in [0, 0.1) is 5.92 Å². The summed E-state index contributed by atoms with van der Waals surface area (Å²) in [6.07, 6.45) is -0.450. The van der Waals surface area contributed by atoms with E-state index in [4.69, 9.17) is 4.74 Å². The number of hydrogen-bond donors (Lipinski definition) is 4. The van der Waals surface area contributed by atoms with Gasteiger partial charge < -0.3 is 26.0 Å². The van der Waals surface area contributed by atoms with Gasteiger partial charge in [-0.1, -0.05) is 13.8 Å². The summed E-state index contributed by atoms with van der Waals surface area (Å²) in [4.78, 5) is 28.3. The van der Waals surface area contributed by atoms with Gasteiger partial charge in [-0.2, -0.15) is 0 Å². The maximum absolute atomic E-state index is 12.0. The summed E-state index contributed by atoms with van der Waals surface area (Å²) < 4.78 is 5.32. The van der Waals surface area contributed by atoms with Crippen LogP contribution in [0.25, 0.3) is 0 Å². The molecule has 166 valence electrons. The molecule has 0 aromatic rings. The lowest BCUT2D eigenvalue weighted by Gasteiger charge is -2.26. The van der Waals surface area contributed by atoms with E-state index in [1.165, 1.54) is 0 Å². The van der Waals surface area contributed by atoms with Gasteiger partial charge >= 0.3 is 6.09 Å². The first kappa shape index (κ1) is 28.9. The summed E-state index contributed by atoms with van der Waals surface area (Å²) in [6, 6.07) is -0.146. The molecule has 0 aliphatic carbocycles. The van der Waals surface area contributed by atoms with Gasteiger partial charge in [0.2, 0.25) is 5.91 Å². The zero-order valence-electron chi connectivity index (χ0n) is 18.9. The van der Waals surface area contributed by atoms with Crippen molar-refractivity contribution in [3.8, 4) is 0 Å². The number of guanidine groups is 1. The number of rotatable bonds is 7. The number of ether oxygens (including phenoxy) is 1. The van der Waals surface area contributed by atoms with Gasteiger partial charge in [0.15, 0.2) is 5.96 Å². The normalized spacial score (nSPS) is 13.3. The average Bonchev–Trinajstić information content (AvgIpc) is 2.44. The molecule has 0 aromatic carbocycles. The van der Waals surface area contributed by atoms with Crippen molar-refractivity contribution in [2.75, 3.05) is 19.6 Å². The lowest BCUT2D eigenvalue weighted by Crippen LogP contribution is -2.50. The fraction of sp³-hybridized carbons (Fsp3) is 0.842. The molecular weight excluding hydrogens is 473 g/mol. The topological polar surface area (TPSA) is 104 Å². The number of aliphatic imine (C=N–C) groups is 1. The first-order valence-electron chi connectivity index (χ1n) is 9.56. The van der Waals surface area contributed by atoms with Crippen LogP contribution in [0.2, 0.25) is 0 Å². The summed E-state index contributed by atoms with van der Waals surface area (Å²) in [7, 11) is 0. The molecule has 0 bridgehead atoms. The standard InChI is InChI=1S/C19H39N5O3.HI/c1-10-20-16(22-12-15(25)24-18(4,5)6)21-11-14(13(2)3)23-17(26)27-19(7,8)9;/h13-14H,10-12H2,1-9H3,(H,23,26)(H,24,25)(H2,20,21,22);1H. The number of nitrogens with one attached hydrogen (secondary N) is 4. The molecule has 0 saturated heterocycles.